The molecule has 198 valence electrons. The van der Waals surface area contributed by atoms with Gasteiger partial charge >= 0.3 is 0 Å². The number of para-hydroxylation sites is 3. The summed E-state index contributed by atoms with van der Waals surface area (Å²) in [5, 5.41) is 5.06. The van der Waals surface area contributed by atoms with Crippen LogP contribution in [0.15, 0.2) is 170 Å². The van der Waals surface area contributed by atoms with Gasteiger partial charge in [-0.3, -0.25) is 0 Å². The number of rotatable bonds is 5. The minimum atomic E-state index is 1.11. The maximum Gasteiger partial charge on any atom is 0.0541 e. The lowest BCUT2D eigenvalue weighted by Gasteiger charge is -2.26. The third-order valence-corrected chi connectivity index (χ3v) is 8.17. The lowest BCUT2D eigenvalue weighted by Crippen LogP contribution is -2.10. The topological polar surface area (TPSA) is 8.17 Å². The van der Waals surface area contributed by atoms with E-state index < -0.39 is 0 Å². The van der Waals surface area contributed by atoms with Crippen LogP contribution in [0.25, 0.3) is 49.4 Å². The van der Waals surface area contributed by atoms with Crippen LogP contribution in [0.4, 0.5) is 17.1 Å². The van der Waals surface area contributed by atoms with Crippen molar-refractivity contribution < 1.29 is 0 Å². The van der Waals surface area contributed by atoms with E-state index in [0.717, 1.165) is 22.7 Å². The van der Waals surface area contributed by atoms with Gasteiger partial charge in [0.05, 0.1) is 11.0 Å². The van der Waals surface area contributed by atoms with Gasteiger partial charge in [-0.25, -0.2) is 0 Å². The van der Waals surface area contributed by atoms with Gasteiger partial charge in [-0.1, -0.05) is 103 Å². The van der Waals surface area contributed by atoms with Crippen molar-refractivity contribution in [1.29, 1.82) is 0 Å². The third-order valence-electron chi connectivity index (χ3n) is 8.17. The van der Waals surface area contributed by atoms with Crippen molar-refractivity contribution in [3.63, 3.8) is 0 Å². The van der Waals surface area contributed by atoms with Gasteiger partial charge in [0.15, 0.2) is 0 Å². The number of aromatic nitrogens is 1. The Morgan fingerprint density at radius 3 is 1.52 bits per heavy atom. The molecule has 1 heterocycles. The van der Waals surface area contributed by atoms with E-state index in [2.05, 4.69) is 179 Å². The normalized spacial score (nSPS) is 11.3. The van der Waals surface area contributed by atoms with Gasteiger partial charge < -0.3 is 9.47 Å². The minimum Gasteiger partial charge on any atom is -0.311 e. The fourth-order valence-corrected chi connectivity index (χ4v) is 6.15. The number of hydrogen-bond donors (Lipinski definition) is 0. The van der Waals surface area contributed by atoms with E-state index in [1.807, 2.05) is 0 Å². The van der Waals surface area contributed by atoms with Crippen LogP contribution in [0.1, 0.15) is 0 Å². The van der Waals surface area contributed by atoms with Crippen molar-refractivity contribution in [3.8, 4) is 16.8 Å². The van der Waals surface area contributed by atoms with Crippen LogP contribution in [0, 0.1) is 0 Å². The molecule has 1 aromatic heterocycles. The van der Waals surface area contributed by atoms with E-state index in [9.17, 15) is 0 Å². The highest BCUT2D eigenvalue weighted by Crippen LogP contribution is 2.37. The van der Waals surface area contributed by atoms with Crippen molar-refractivity contribution >= 4 is 49.6 Å². The van der Waals surface area contributed by atoms with Gasteiger partial charge in [0, 0.05) is 33.5 Å². The molecular formula is C40H28N2. The van der Waals surface area contributed by atoms with Gasteiger partial charge in [0.25, 0.3) is 0 Å². The van der Waals surface area contributed by atoms with Gasteiger partial charge in [-0.15, -0.1) is 0 Å². The second-order valence-electron chi connectivity index (χ2n) is 10.7. The molecule has 0 radical (unpaired) electrons. The standard InChI is InChI=1S/C40H28N2/c1-2-12-33(13-3-1)41(34-22-20-30(21-23-34)32-19-18-29-10-4-5-11-31(29)28-32)35-24-26-36(27-25-35)42-39-16-8-6-14-37(39)38-15-7-9-17-40(38)42/h1-28H. The van der Waals surface area contributed by atoms with Gasteiger partial charge in [0.1, 0.15) is 0 Å². The van der Waals surface area contributed by atoms with E-state index in [4.69, 9.17) is 0 Å². The molecule has 0 saturated carbocycles. The third kappa shape index (κ3) is 4.13. The summed E-state index contributed by atoms with van der Waals surface area (Å²) in [5.74, 6) is 0. The number of benzene rings is 7. The molecule has 8 rings (SSSR count). The van der Waals surface area contributed by atoms with Gasteiger partial charge in [-0.2, -0.15) is 0 Å². The largest absolute Gasteiger partial charge is 0.311 e. The van der Waals surface area contributed by atoms with Crippen LogP contribution in [0.5, 0.6) is 0 Å². The second-order valence-corrected chi connectivity index (χ2v) is 10.7. The quantitative estimate of drug-likeness (QED) is 0.212. The summed E-state index contributed by atoms with van der Waals surface area (Å²) in [6.07, 6.45) is 0. The first-order valence-corrected chi connectivity index (χ1v) is 14.4. The SMILES string of the molecule is c1ccc(N(c2ccc(-c3ccc4ccccc4c3)cc2)c2ccc(-n3c4ccccc4c4ccccc43)cc2)cc1. The van der Waals surface area contributed by atoms with Crippen LogP contribution in [0.2, 0.25) is 0 Å². The molecule has 8 aromatic rings. The van der Waals surface area contributed by atoms with Crippen molar-refractivity contribution in [2.75, 3.05) is 4.90 Å². The molecule has 0 aliphatic rings. The maximum absolute atomic E-state index is 2.36. The zero-order valence-corrected chi connectivity index (χ0v) is 23.1. The fourth-order valence-electron chi connectivity index (χ4n) is 6.15. The molecule has 0 spiro atoms. The fraction of sp³-hybridized carbons (Fsp3) is 0. The monoisotopic (exact) mass is 536 g/mol. The Morgan fingerprint density at radius 1 is 0.357 bits per heavy atom. The van der Waals surface area contributed by atoms with E-state index >= 15 is 0 Å². The van der Waals surface area contributed by atoms with Crippen molar-refractivity contribution in [3.05, 3.63) is 170 Å². The zero-order valence-electron chi connectivity index (χ0n) is 23.1. The summed E-state index contributed by atoms with van der Waals surface area (Å²) in [4.78, 5) is 2.32. The Labute approximate surface area is 245 Å². The van der Waals surface area contributed by atoms with Crippen LogP contribution in [-0.2, 0) is 0 Å². The first kappa shape index (κ1) is 24.2. The summed E-state index contributed by atoms with van der Waals surface area (Å²) >= 11 is 0. The van der Waals surface area contributed by atoms with E-state index in [-0.39, 0.29) is 0 Å². The predicted molar refractivity (Wildman–Crippen MR) is 178 cm³/mol. The highest BCUT2D eigenvalue weighted by atomic mass is 15.1. The summed E-state index contributed by atoms with van der Waals surface area (Å²) in [6, 6.07) is 60.9. The van der Waals surface area contributed by atoms with Crippen LogP contribution in [0.3, 0.4) is 0 Å². The summed E-state index contributed by atoms with van der Waals surface area (Å²) in [5.41, 5.74) is 9.38. The zero-order chi connectivity index (χ0) is 27.9. The molecule has 0 amide bonds. The molecule has 0 bridgehead atoms. The molecule has 0 fully saturated rings. The maximum atomic E-state index is 2.36. The number of hydrogen-bond acceptors (Lipinski definition) is 1. The number of anilines is 3. The molecule has 0 saturated heterocycles. The Hall–Kier alpha value is -5.60. The first-order valence-electron chi connectivity index (χ1n) is 14.4. The van der Waals surface area contributed by atoms with Crippen LogP contribution < -0.4 is 4.90 Å². The van der Waals surface area contributed by atoms with Crippen molar-refractivity contribution in [2.45, 2.75) is 0 Å². The molecule has 0 aliphatic heterocycles. The smallest absolute Gasteiger partial charge is 0.0541 e. The molecular weight excluding hydrogens is 508 g/mol. The van der Waals surface area contributed by atoms with Crippen molar-refractivity contribution in [2.24, 2.45) is 0 Å². The average molecular weight is 537 g/mol. The van der Waals surface area contributed by atoms with Crippen molar-refractivity contribution in [1.82, 2.24) is 4.57 Å². The lowest BCUT2D eigenvalue weighted by atomic mass is 10.0. The Balaban J connectivity index is 1.19. The van der Waals surface area contributed by atoms with Crippen LogP contribution >= 0.6 is 0 Å². The Kier molecular flexibility index (Phi) is 5.82. The van der Waals surface area contributed by atoms with Gasteiger partial charge in [-0.05, 0) is 88.6 Å². The van der Waals surface area contributed by atoms with Gasteiger partial charge in [0.2, 0.25) is 0 Å². The summed E-state index contributed by atoms with van der Waals surface area (Å²) in [7, 11) is 0. The molecule has 0 unspecified atom stereocenters. The summed E-state index contributed by atoms with van der Waals surface area (Å²) < 4.78 is 2.36. The highest BCUT2D eigenvalue weighted by molar-refractivity contribution is 6.09. The molecule has 7 aromatic carbocycles. The summed E-state index contributed by atoms with van der Waals surface area (Å²) in [6.45, 7) is 0. The Bertz CT molecular complexity index is 2120. The van der Waals surface area contributed by atoms with Crippen LogP contribution in [-0.4, -0.2) is 4.57 Å². The molecule has 2 heteroatoms. The first-order chi connectivity index (χ1) is 20.8. The molecule has 42 heavy (non-hydrogen) atoms. The van der Waals surface area contributed by atoms with E-state index in [1.54, 1.807) is 0 Å². The second kappa shape index (κ2) is 10.1. The Morgan fingerprint density at radius 2 is 0.857 bits per heavy atom. The number of fused-ring (bicyclic) bond motifs is 4. The molecule has 0 aliphatic carbocycles. The lowest BCUT2D eigenvalue weighted by molar-refractivity contribution is 1.17. The average Bonchev–Trinajstić information content (AvgIpc) is 3.40. The van der Waals surface area contributed by atoms with E-state index in [1.165, 1.54) is 43.7 Å². The molecule has 0 atom stereocenters. The van der Waals surface area contributed by atoms with E-state index in [0.29, 0.717) is 0 Å². The highest BCUT2D eigenvalue weighted by Gasteiger charge is 2.15. The minimum absolute atomic E-state index is 1.11. The molecule has 2 nitrogen and oxygen atoms in total. The number of nitrogens with zero attached hydrogens (tertiary/aromatic N) is 2. The molecule has 0 N–H and O–H groups in total. The predicted octanol–water partition coefficient (Wildman–Crippen LogP) is 11.1.